The molecule has 0 aliphatic rings. The third-order valence-electron chi connectivity index (χ3n) is 2.24. The Morgan fingerprint density at radius 1 is 1.06 bits per heavy atom. The Kier molecular flexibility index (Phi) is 4.37. The Morgan fingerprint density at radius 2 is 1.88 bits per heavy atom. The minimum atomic E-state index is 1.03. The number of benzene rings is 1. The van der Waals surface area contributed by atoms with Crippen LogP contribution in [-0.4, -0.2) is 5.33 Å². The number of halogens is 1. The first-order valence-electron chi connectivity index (χ1n) is 5.28. The molecule has 82 valence electrons. The molecular weight excluding hydrogens is 280 g/mol. The van der Waals surface area contributed by atoms with Crippen molar-refractivity contribution in [3.8, 4) is 10.4 Å². The molecule has 0 spiro atoms. The predicted octanol–water partition coefficient (Wildman–Crippen LogP) is 5.21. The summed E-state index contributed by atoms with van der Waals surface area (Å²) >= 11 is 5.25. The van der Waals surface area contributed by atoms with E-state index >= 15 is 0 Å². The molecule has 0 aliphatic heterocycles. The van der Waals surface area contributed by atoms with Gasteiger partial charge in [0.1, 0.15) is 0 Å². The summed E-state index contributed by atoms with van der Waals surface area (Å²) in [5.41, 5.74) is 1.30. The number of hydrogen-bond acceptors (Lipinski definition) is 1. The van der Waals surface area contributed by atoms with Crippen molar-refractivity contribution in [3.63, 3.8) is 0 Å². The Balaban J connectivity index is 2.14. The van der Waals surface area contributed by atoms with Gasteiger partial charge >= 0.3 is 0 Å². The van der Waals surface area contributed by atoms with Crippen LogP contribution in [0.25, 0.3) is 16.5 Å². The summed E-state index contributed by atoms with van der Waals surface area (Å²) in [4.78, 5) is 2.65. The van der Waals surface area contributed by atoms with Crippen LogP contribution < -0.4 is 0 Å². The summed E-state index contributed by atoms with van der Waals surface area (Å²) in [5, 5.41) is 1.03. The van der Waals surface area contributed by atoms with Crippen molar-refractivity contribution < 1.29 is 0 Å². The number of thiophene rings is 1. The van der Waals surface area contributed by atoms with Gasteiger partial charge in [-0.2, -0.15) is 0 Å². The van der Waals surface area contributed by atoms with Crippen LogP contribution in [-0.2, 0) is 0 Å². The summed E-state index contributed by atoms with van der Waals surface area (Å²) in [5.74, 6) is 0. The molecular formula is C14H13BrS. The SMILES string of the molecule is BrCCC=Cc1ccc(-c2ccccc2)s1. The lowest BCUT2D eigenvalue weighted by Crippen LogP contribution is -1.67. The van der Waals surface area contributed by atoms with E-state index in [0.29, 0.717) is 0 Å². The van der Waals surface area contributed by atoms with Gasteiger partial charge in [-0.15, -0.1) is 11.3 Å². The van der Waals surface area contributed by atoms with Crippen LogP contribution in [0.2, 0.25) is 0 Å². The molecule has 0 fully saturated rings. The molecule has 1 aromatic heterocycles. The summed E-state index contributed by atoms with van der Waals surface area (Å²) in [6.07, 6.45) is 5.48. The molecule has 0 saturated heterocycles. The van der Waals surface area contributed by atoms with E-state index in [1.54, 1.807) is 0 Å². The first kappa shape index (κ1) is 11.6. The van der Waals surface area contributed by atoms with E-state index in [-0.39, 0.29) is 0 Å². The molecule has 0 N–H and O–H groups in total. The number of allylic oxidation sites excluding steroid dienone is 1. The number of hydrogen-bond donors (Lipinski definition) is 0. The van der Waals surface area contributed by atoms with Crippen molar-refractivity contribution in [1.82, 2.24) is 0 Å². The fourth-order valence-electron chi connectivity index (χ4n) is 1.46. The van der Waals surface area contributed by atoms with Gasteiger partial charge in [0.25, 0.3) is 0 Å². The summed E-state index contributed by atoms with van der Waals surface area (Å²) in [6.45, 7) is 0. The molecule has 0 nitrogen and oxygen atoms in total. The van der Waals surface area contributed by atoms with Gasteiger partial charge in [-0.05, 0) is 30.2 Å². The molecule has 0 amide bonds. The van der Waals surface area contributed by atoms with Crippen LogP contribution in [0.1, 0.15) is 11.3 Å². The molecule has 2 heteroatoms. The van der Waals surface area contributed by atoms with Gasteiger partial charge in [0, 0.05) is 15.1 Å². The third-order valence-corrected chi connectivity index (χ3v) is 3.80. The van der Waals surface area contributed by atoms with E-state index in [1.807, 2.05) is 17.4 Å². The van der Waals surface area contributed by atoms with Gasteiger partial charge in [-0.1, -0.05) is 52.3 Å². The van der Waals surface area contributed by atoms with Crippen LogP contribution in [0, 0.1) is 0 Å². The second-order valence-corrected chi connectivity index (χ2v) is 5.36. The first-order valence-corrected chi connectivity index (χ1v) is 7.22. The van der Waals surface area contributed by atoms with Crippen molar-refractivity contribution in [2.75, 3.05) is 5.33 Å². The van der Waals surface area contributed by atoms with Gasteiger partial charge in [0.05, 0.1) is 0 Å². The summed E-state index contributed by atoms with van der Waals surface area (Å²) in [6, 6.07) is 14.9. The van der Waals surface area contributed by atoms with Gasteiger partial charge < -0.3 is 0 Å². The van der Waals surface area contributed by atoms with Gasteiger partial charge in [-0.3, -0.25) is 0 Å². The Labute approximate surface area is 109 Å². The van der Waals surface area contributed by atoms with Crippen molar-refractivity contribution >= 4 is 33.3 Å². The van der Waals surface area contributed by atoms with Crippen molar-refractivity contribution in [1.29, 1.82) is 0 Å². The fourth-order valence-corrected chi connectivity index (χ4v) is 2.67. The highest BCUT2D eigenvalue weighted by Gasteiger charge is 1.99. The van der Waals surface area contributed by atoms with E-state index in [2.05, 4.69) is 64.5 Å². The highest BCUT2D eigenvalue weighted by molar-refractivity contribution is 9.09. The molecule has 2 aromatic rings. The van der Waals surface area contributed by atoms with Crippen LogP contribution >= 0.6 is 27.3 Å². The van der Waals surface area contributed by atoms with Gasteiger partial charge in [0.15, 0.2) is 0 Å². The van der Waals surface area contributed by atoms with Crippen LogP contribution in [0.3, 0.4) is 0 Å². The Morgan fingerprint density at radius 3 is 2.62 bits per heavy atom. The molecule has 0 unspecified atom stereocenters. The molecule has 1 aromatic carbocycles. The average Bonchev–Trinajstić information content (AvgIpc) is 2.79. The molecule has 0 saturated carbocycles. The molecule has 0 atom stereocenters. The maximum absolute atomic E-state index is 3.42. The standard InChI is InChI=1S/C14H13BrS/c15-11-5-4-8-13-9-10-14(16-13)12-6-2-1-3-7-12/h1-4,6-10H,5,11H2. The largest absolute Gasteiger partial charge is 0.136 e. The molecule has 16 heavy (non-hydrogen) atoms. The van der Waals surface area contributed by atoms with E-state index in [9.17, 15) is 0 Å². The van der Waals surface area contributed by atoms with Crippen LogP contribution in [0.15, 0.2) is 48.5 Å². The predicted molar refractivity (Wildman–Crippen MR) is 77.2 cm³/mol. The second-order valence-electron chi connectivity index (χ2n) is 3.45. The van der Waals surface area contributed by atoms with E-state index in [1.165, 1.54) is 15.3 Å². The zero-order valence-corrected chi connectivity index (χ0v) is 11.3. The maximum atomic E-state index is 3.42. The first-order chi connectivity index (χ1) is 7.90. The summed E-state index contributed by atoms with van der Waals surface area (Å²) in [7, 11) is 0. The zero-order valence-electron chi connectivity index (χ0n) is 8.90. The van der Waals surface area contributed by atoms with E-state index < -0.39 is 0 Å². The Hall–Kier alpha value is -0.860. The minimum Gasteiger partial charge on any atom is -0.136 e. The minimum absolute atomic E-state index is 1.03. The molecule has 0 radical (unpaired) electrons. The van der Waals surface area contributed by atoms with Gasteiger partial charge in [-0.25, -0.2) is 0 Å². The topological polar surface area (TPSA) is 0 Å². The molecule has 2 rings (SSSR count). The number of rotatable bonds is 4. The van der Waals surface area contributed by atoms with E-state index in [0.717, 1.165) is 11.8 Å². The average molecular weight is 293 g/mol. The molecule has 0 aliphatic carbocycles. The lowest BCUT2D eigenvalue weighted by molar-refractivity contribution is 1.27. The van der Waals surface area contributed by atoms with Crippen molar-refractivity contribution in [3.05, 3.63) is 53.4 Å². The number of alkyl halides is 1. The monoisotopic (exact) mass is 292 g/mol. The molecule has 1 heterocycles. The van der Waals surface area contributed by atoms with Gasteiger partial charge in [0.2, 0.25) is 0 Å². The third kappa shape index (κ3) is 3.06. The lowest BCUT2D eigenvalue weighted by Gasteiger charge is -1.94. The van der Waals surface area contributed by atoms with Crippen LogP contribution in [0.5, 0.6) is 0 Å². The highest BCUT2D eigenvalue weighted by Crippen LogP contribution is 2.28. The van der Waals surface area contributed by atoms with Crippen LogP contribution in [0.4, 0.5) is 0 Å². The summed E-state index contributed by atoms with van der Waals surface area (Å²) < 4.78 is 0. The highest BCUT2D eigenvalue weighted by atomic mass is 79.9. The van der Waals surface area contributed by atoms with Crippen molar-refractivity contribution in [2.24, 2.45) is 0 Å². The van der Waals surface area contributed by atoms with E-state index in [4.69, 9.17) is 0 Å². The normalized spacial score (nSPS) is 11.1. The maximum Gasteiger partial charge on any atom is 0.0349 e. The Bertz CT molecular complexity index is 457. The smallest absolute Gasteiger partial charge is 0.0349 e. The van der Waals surface area contributed by atoms with Crippen molar-refractivity contribution in [2.45, 2.75) is 6.42 Å². The lowest BCUT2D eigenvalue weighted by atomic mass is 10.2. The molecule has 0 bridgehead atoms. The quantitative estimate of drug-likeness (QED) is 0.678. The fraction of sp³-hybridized carbons (Fsp3) is 0.143. The zero-order chi connectivity index (χ0) is 11.2. The second kappa shape index (κ2) is 6.02.